The molecule has 0 spiro atoms. The molecule has 5 nitrogen and oxygen atoms in total. The summed E-state index contributed by atoms with van der Waals surface area (Å²) in [4.78, 5) is 24.6. The van der Waals surface area contributed by atoms with Crippen molar-refractivity contribution in [1.29, 1.82) is 0 Å². The predicted octanol–water partition coefficient (Wildman–Crippen LogP) is 1.69. The lowest BCUT2D eigenvalue weighted by atomic mass is 10.1. The molecular weight excluding hydrogens is 323 g/mol. The van der Waals surface area contributed by atoms with Crippen molar-refractivity contribution < 1.29 is 23.6 Å². The first-order valence-electron chi connectivity index (χ1n) is 7.93. The normalized spacial score (nSPS) is 11.7. The van der Waals surface area contributed by atoms with Crippen LogP contribution in [0.15, 0.2) is 42.5 Å². The Hall–Kier alpha value is -2.73. The number of ether oxygens (including phenoxy) is 1. The summed E-state index contributed by atoms with van der Waals surface area (Å²) in [5, 5.41) is 2.67. The highest BCUT2D eigenvalue weighted by Gasteiger charge is 2.15. The number of hydrogen-bond acceptors (Lipinski definition) is 3. The fraction of sp³-hybridized carbons (Fsp3) is 0.263. The van der Waals surface area contributed by atoms with E-state index in [4.69, 9.17) is 4.74 Å². The predicted molar refractivity (Wildman–Crippen MR) is 93.5 cm³/mol. The van der Waals surface area contributed by atoms with Gasteiger partial charge in [-0.25, -0.2) is 4.39 Å². The molecule has 0 aliphatic rings. The van der Waals surface area contributed by atoms with Crippen molar-refractivity contribution in [3.05, 3.63) is 59.4 Å². The third kappa shape index (κ3) is 5.39. The Morgan fingerprint density at radius 3 is 2.60 bits per heavy atom. The molecule has 6 heteroatoms. The Labute approximate surface area is 146 Å². The Morgan fingerprint density at radius 1 is 1.20 bits per heavy atom. The molecule has 1 atom stereocenters. The van der Waals surface area contributed by atoms with Crippen LogP contribution in [0.25, 0.3) is 0 Å². The van der Waals surface area contributed by atoms with Crippen molar-refractivity contribution in [3.63, 3.8) is 0 Å². The molecule has 2 aromatic carbocycles. The number of carbonyl (C=O) groups excluding carboxylic acids is 2. The number of amides is 1. The lowest BCUT2D eigenvalue weighted by molar-refractivity contribution is -0.885. The number of ketones is 1. The molecule has 0 heterocycles. The van der Waals surface area contributed by atoms with Crippen LogP contribution in [0.5, 0.6) is 5.75 Å². The largest absolute Gasteiger partial charge is 0.496 e. The highest BCUT2D eigenvalue weighted by atomic mass is 19.1. The molecule has 1 amide bonds. The summed E-state index contributed by atoms with van der Waals surface area (Å²) in [6.45, 7) is 2.22. The van der Waals surface area contributed by atoms with Gasteiger partial charge in [0.2, 0.25) is 0 Å². The summed E-state index contributed by atoms with van der Waals surface area (Å²) in [6.07, 6.45) is 0. The van der Waals surface area contributed by atoms with Crippen LogP contribution in [0, 0.1) is 5.82 Å². The standard InChI is InChI=1S/C19H21FN2O3/c1-13(23)14-7-8-18(25-3)15(9-14)11-22(2)12-19(24)21-17-6-4-5-16(20)10-17/h4-10H,11-12H2,1-3H3,(H,21,24)/p+1. The summed E-state index contributed by atoms with van der Waals surface area (Å²) in [6, 6.07) is 11.0. The molecule has 0 aliphatic carbocycles. The quantitative estimate of drug-likeness (QED) is 0.751. The van der Waals surface area contributed by atoms with E-state index in [0.717, 1.165) is 10.5 Å². The van der Waals surface area contributed by atoms with Crippen molar-refractivity contribution in [2.24, 2.45) is 0 Å². The third-order valence-electron chi connectivity index (χ3n) is 3.75. The Morgan fingerprint density at radius 2 is 1.96 bits per heavy atom. The average molecular weight is 345 g/mol. The molecule has 0 aliphatic heterocycles. The maximum Gasteiger partial charge on any atom is 0.279 e. The first-order valence-corrected chi connectivity index (χ1v) is 7.93. The van der Waals surface area contributed by atoms with Crippen LogP contribution in [-0.2, 0) is 11.3 Å². The first-order chi connectivity index (χ1) is 11.9. The van der Waals surface area contributed by atoms with Crippen molar-refractivity contribution >= 4 is 17.4 Å². The van der Waals surface area contributed by atoms with Crippen LogP contribution in [-0.4, -0.2) is 32.4 Å². The van der Waals surface area contributed by atoms with Gasteiger partial charge in [0.05, 0.1) is 14.2 Å². The summed E-state index contributed by atoms with van der Waals surface area (Å²) < 4.78 is 18.5. The van der Waals surface area contributed by atoms with Crippen molar-refractivity contribution in [2.75, 3.05) is 26.0 Å². The number of nitrogens with one attached hydrogen (secondary N) is 2. The number of hydrogen-bond donors (Lipinski definition) is 2. The van der Waals surface area contributed by atoms with E-state index in [-0.39, 0.29) is 18.2 Å². The lowest BCUT2D eigenvalue weighted by Crippen LogP contribution is -3.08. The van der Waals surface area contributed by atoms with E-state index in [2.05, 4.69) is 5.32 Å². The van der Waals surface area contributed by atoms with Crippen molar-refractivity contribution in [1.82, 2.24) is 0 Å². The summed E-state index contributed by atoms with van der Waals surface area (Å²) in [7, 11) is 3.43. The minimum absolute atomic E-state index is 0.0228. The Bertz CT molecular complexity index is 777. The molecule has 2 aromatic rings. The van der Waals surface area contributed by atoms with Crippen LogP contribution in [0.3, 0.4) is 0 Å². The molecule has 0 fully saturated rings. The number of rotatable bonds is 7. The molecule has 0 bridgehead atoms. The molecule has 25 heavy (non-hydrogen) atoms. The van der Waals surface area contributed by atoms with Gasteiger partial charge in [0.25, 0.3) is 5.91 Å². The molecule has 2 N–H and O–H groups in total. The highest BCUT2D eigenvalue weighted by Crippen LogP contribution is 2.19. The Kier molecular flexibility index (Phi) is 6.25. The van der Waals surface area contributed by atoms with Crippen LogP contribution in [0.2, 0.25) is 0 Å². The molecule has 0 radical (unpaired) electrons. The molecule has 2 rings (SSSR count). The maximum atomic E-state index is 13.2. The number of benzene rings is 2. The second-order valence-corrected chi connectivity index (χ2v) is 5.95. The zero-order valence-corrected chi connectivity index (χ0v) is 14.6. The monoisotopic (exact) mass is 345 g/mol. The van der Waals surface area contributed by atoms with E-state index in [1.807, 2.05) is 7.05 Å². The second kappa shape index (κ2) is 8.39. The molecule has 132 valence electrons. The topological polar surface area (TPSA) is 59.8 Å². The van der Waals surface area contributed by atoms with Gasteiger partial charge in [-0.2, -0.15) is 0 Å². The molecule has 0 saturated carbocycles. The van der Waals surface area contributed by atoms with Gasteiger partial charge in [0.15, 0.2) is 12.3 Å². The molecule has 1 unspecified atom stereocenters. The summed E-state index contributed by atoms with van der Waals surface area (Å²) in [5.41, 5.74) is 1.88. The van der Waals surface area contributed by atoms with Crippen molar-refractivity contribution in [3.8, 4) is 5.75 Å². The van der Waals surface area contributed by atoms with E-state index in [0.29, 0.717) is 23.5 Å². The van der Waals surface area contributed by atoms with Gasteiger partial charge in [-0.15, -0.1) is 0 Å². The SMILES string of the molecule is COc1ccc(C(C)=O)cc1C[NH+](C)CC(=O)Nc1cccc(F)c1. The fourth-order valence-corrected chi connectivity index (χ4v) is 2.57. The van der Waals surface area contributed by atoms with E-state index in [1.54, 1.807) is 37.4 Å². The van der Waals surface area contributed by atoms with Gasteiger partial charge < -0.3 is 15.0 Å². The maximum absolute atomic E-state index is 13.2. The molecule has 0 saturated heterocycles. The van der Waals surface area contributed by atoms with E-state index in [1.165, 1.54) is 19.1 Å². The number of carbonyl (C=O) groups is 2. The van der Waals surface area contributed by atoms with E-state index < -0.39 is 5.82 Å². The van der Waals surface area contributed by atoms with Gasteiger partial charge in [0, 0.05) is 16.8 Å². The minimum Gasteiger partial charge on any atom is -0.496 e. The molecular formula is C19H22FN2O3+. The highest BCUT2D eigenvalue weighted by molar-refractivity contribution is 5.94. The van der Waals surface area contributed by atoms with E-state index >= 15 is 0 Å². The zero-order chi connectivity index (χ0) is 18.4. The number of halogens is 1. The van der Waals surface area contributed by atoms with Gasteiger partial charge >= 0.3 is 0 Å². The fourth-order valence-electron chi connectivity index (χ4n) is 2.57. The van der Waals surface area contributed by atoms with Gasteiger partial charge in [-0.1, -0.05) is 6.07 Å². The number of Topliss-reactive ketones (excluding diaryl/α,β-unsaturated/α-hetero) is 1. The lowest BCUT2D eigenvalue weighted by Gasteiger charge is -2.16. The Balaban J connectivity index is 2.01. The summed E-state index contributed by atoms with van der Waals surface area (Å²) in [5.74, 6) is 0.0365. The second-order valence-electron chi connectivity index (χ2n) is 5.95. The van der Waals surface area contributed by atoms with Crippen LogP contribution in [0.1, 0.15) is 22.8 Å². The van der Waals surface area contributed by atoms with Gasteiger partial charge in [-0.05, 0) is 43.3 Å². The third-order valence-corrected chi connectivity index (χ3v) is 3.75. The van der Waals surface area contributed by atoms with E-state index in [9.17, 15) is 14.0 Å². The number of methoxy groups -OCH3 is 1. The van der Waals surface area contributed by atoms with Gasteiger partial charge in [-0.3, -0.25) is 9.59 Å². The van der Waals surface area contributed by atoms with Crippen LogP contribution >= 0.6 is 0 Å². The smallest absolute Gasteiger partial charge is 0.279 e. The van der Waals surface area contributed by atoms with Crippen LogP contribution in [0.4, 0.5) is 10.1 Å². The molecule has 0 aromatic heterocycles. The van der Waals surface area contributed by atoms with Gasteiger partial charge in [0.1, 0.15) is 18.1 Å². The number of anilines is 1. The number of quaternary nitrogens is 1. The zero-order valence-electron chi connectivity index (χ0n) is 14.6. The van der Waals surface area contributed by atoms with Crippen molar-refractivity contribution in [2.45, 2.75) is 13.5 Å². The van der Waals surface area contributed by atoms with Crippen LogP contribution < -0.4 is 15.0 Å². The first kappa shape index (κ1) is 18.6. The number of likely N-dealkylation sites (N-methyl/N-ethyl adjacent to an activating group) is 1. The average Bonchev–Trinajstić information content (AvgIpc) is 2.54. The minimum atomic E-state index is -0.399. The summed E-state index contributed by atoms with van der Waals surface area (Å²) >= 11 is 0.